The van der Waals surface area contributed by atoms with Crippen LogP contribution in [-0.2, 0) is 9.47 Å². The maximum absolute atomic E-state index is 15.0. The first-order valence-corrected chi connectivity index (χ1v) is 12.3. The van der Waals surface area contributed by atoms with E-state index in [1.807, 2.05) is 24.3 Å². The van der Waals surface area contributed by atoms with Gasteiger partial charge in [-0.2, -0.15) is 0 Å². The fourth-order valence-electron chi connectivity index (χ4n) is 4.58. The van der Waals surface area contributed by atoms with Crippen LogP contribution in [0.15, 0.2) is 65.6 Å². The summed E-state index contributed by atoms with van der Waals surface area (Å²) in [5, 5.41) is 9.90. The molecule has 34 heavy (non-hydrogen) atoms. The molecule has 2 aromatic heterocycles. The molecule has 4 atom stereocenters. The molecule has 2 aromatic carbocycles. The van der Waals surface area contributed by atoms with Gasteiger partial charge in [0, 0.05) is 22.6 Å². The summed E-state index contributed by atoms with van der Waals surface area (Å²) < 4.78 is 32.2. The van der Waals surface area contributed by atoms with Gasteiger partial charge in [-0.05, 0) is 29.5 Å². The van der Waals surface area contributed by atoms with Gasteiger partial charge in [0.1, 0.15) is 24.0 Å². The third-order valence-corrected chi connectivity index (χ3v) is 7.12. The van der Waals surface area contributed by atoms with Crippen molar-refractivity contribution in [3.05, 3.63) is 66.5 Å². The first-order valence-electron chi connectivity index (χ1n) is 11.1. The molecule has 2 saturated heterocycles. The van der Waals surface area contributed by atoms with Crippen LogP contribution in [0.2, 0.25) is 0 Å². The monoisotopic (exact) mass is 478 g/mol. The maximum atomic E-state index is 15.0. The summed E-state index contributed by atoms with van der Waals surface area (Å²) in [5.41, 5.74) is 4.31. The average molecular weight is 479 g/mol. The summed E-state index contributed by atoms with van der Waals surface area (Å²) in [6, 6.07) is 19.3. The molecule has 4 heterocycles. The second-order valence-electron chi connectivity index (χ2n) is 8.51. The normalized spacial score (nSPS) is 24.0. The molecular weight excluding hydrogens is 455 g/mol. The first kappa shape index (κ1) is 21.6. The number of aromatic nitrogens is 2. The third-order valence-electron chi connectivity index (χ3n) is 6.37. The number of aliphatic hydroxyl groups is 1. The highest BCUT2D eigenvalue weighted by Gasteiger charge is 2.48. The Morgan fingerprint density at radius 3 is 2.38 bits per heavy atom. The van der Waals surface area contributed by atoms with Crippen molar-refractivity contribution >= 4 is 22.8 Å². The van der Waals surface area contributed by atoms with Gasteiger partial charge in [-0.3, -0.25) is 0 Å². The number of H-pyrrole nitrogens is 1. The zero-order chi connectivity index (χ0) is 23.2. The van der Waals surface area contributed by atoms with Crippen LogP contribution in [-0.4, -0.2) is 59.0 Å². The molecule has 2 N–H and O–H groups in total. The van der Waals surface area contributed by atoms with Crippen LogP contribution in [0, 0.1) is 5.82 Å². The summed E-state index contributed by atoms with van der Waals surface area (Å²) in [6.45, 7) is 0.557. The van der Waals surface area contributed by atoms with Gasteiger partial charge < -0.3 is 24.3 Å². The lowest BCUT2D eigenvalue weighted by molar-refractivity contribution is 0.00794. The molecule has 8 heteroatoms. The van der Waals surface area contributed by atoms with Gasteiger partial charge in [-0.1, -0.05) is 36.4 Å². The van der Waals surface area contributed by atoms with Crippen molar-refractivity contribution in [3.8, 4) is 28.3 Å². The van der Waals surface area contributed by atoms with Gasteiger partial charge >= 0.3 is 0 Å². The van der Waals surface area contributed by atoms with Crippen molar-refractivity contribution in [2.24, 2.45) is 0 Å². The Hall–Kier alpha value is -2.91. The van der Waals surface area contributed by atoms with Gasteiger partial charge in [0.25, 0.3) is 0 Å². The summed E-state index contributed by atoms with van der Waals surface area (Å²) in [6.07, 6.45) is 0.369. The Morgan fingerprint density at radius 2 is 1.65 bits per heavy atom. The first-order chi connectivity index (χ1) is 16.6. The van der Waals surface area contributed by atoms with E-state index >= 15 is 0 Å². The molecule has 174 valence electrons. The summed E-state index contributed by atoms with van der Waals surface area (Å²) in [7, 11) is 0. The maximum Gasteiger partial charge on any atom is 0.193 e. The minimum absolute atomic E-state index is 0.236. The predicted molar refractivity (Wildman–Crippen MR) is 129 cm³/mol. The second kappa shape index (κ2) is 8.70. The van der Waals surface area contributed by atoms with E-state index < -0.39 is 11.9 Å². The smallest absolute Gasteiger partial charge is 0.193 e. The van der Waals surface area contributed by atoms with E-state index in [0.717, 1.165) is 11.1 Å². The van der Waals surface area contributed by atoms with Crippen LogP contribution < -0.4 is 4.74 Å². The van der Waals surface area contributed by atoms with Crippen molar-refractivity contribution in [2.75, 3.05) is 19.5 Å². The zero-order valence-corrected chi connectivity index (χ0v) is 19.2. The van der Waals surface area contributed by atoms with E-state index in [9.17, 15) is 9.50 Å². The van der Waals surface area contributed by atoms with Crippen LogP contribution in [0.3, 0.4) is 0 Å². The minimum atomic E-state index is -0.638. The Labute approximate surface area is 200 Å². The van der Waals surface area contributed by atoms with E-state index in [-0.39, 0.29) is 30.6 Å². The SMILES string of the molecule is CSc1ccc(-c2ccc(-c3nc4cc(OC5COC6C(O)CO[C@H]56)[nH]c4cc3F)cc2)cc1. The van der Waals surface area contributed by atoms with E-state index in [2.05, 4.69) is 40.5 Å². The number of aliphatic hydroxyl groups excluding tert-OH is 1. The molecule has 4 aromatic rings. The molecule has 2 fully saturated rings. The molecule has 0 amide bonds. The largest absolute Gasteiger partial charge is 0.470 e. The zero-order valence-electron chi connectivity index (χ0n) is 18.4. The number of hydrogen-bond acceptors (Lipinski definition) is 6. The lowest BCUT2D eigenvalue weighted by Crippen LogP contribution is -2.34. The minimum Gasteiger partial charge on any atom is -0.470 e. The molecule has 3 unspecified atom stereocenters. The van der Waals surface area contributed by atoms with Crippen LogP contribution in [0.5, 0.6) is 5.88 Å². The van der Waals surface area contributed by atoms with E-state index in [0.29, 0.717) is 29.1 Å². The highest BCUT2D eigenvalue weighted by Crippen LogP contribution is 2.32. The van der Waals surface area contributed by atoms with Crippen molar-refractivity contribution in [3.63, 3.8) is 0 Å². The summed E-state index contributed by atoms with van der Waals surface area (Å²) >= 11 is 1.71. The standard InChI is InChI=1S/C26H23FN2O4S/c1-34-17-8-6-15(7-9-17)14-2-4-16(5-3-14)24-18(27)10-19-20(29-24)11-23(28-19)33-22-13-32-25-21(30)12-31-26(22)25/h2-11,21-22,25-26,28,30H,12-13H2,1H3/t21?,22?,25?,26-/m1/s1. The van der Waals surface area contributed by atoms with Crippen LogP contribution in [0.25, 0.3) is 33.4 Å². The van der Waals surface area contributed by atoms with Gasteiger partial charge in [-0.15, -0.1) is 11.8 Å². The molecule has 6 rings (SSSR count). The quantitative estimate of drug-likeness (QED) is 0.406. The number of halogens is 1. The number of pyridine rings is 1. The highest BCUT2D eigenvalue weighted by atomic mass is 32.2. The Morgan fingerprint density at radius 1 is 0.971 bits per heavy atom. The predicted octanol–water partition coefficient (Wildman–Crippen LogP) is 4.66. The molecule has 0 radical (unpaired) electrons. The molecule has 2 aliphatic rings. The molecule has 0 spiro atoms. The number of nitrogens with one attached hydrogen (secondary N) is 1. The van der Waals surface area contributed by atoms with E-state index in [1.54, 1.807) is 17.8 Å². The number of nitrogens with zero attached hydrogens (tertiary/aromatic N) is 1. The molecule has 0 saturated carbocycles. The topological polar surface area (TPSA) is 76.6 Å². The number of ether oxygens (including phenoxy) is 3. The average Bonchev–Trinajstić information content (AvgIpc) is 3.55. The highest BCUT2D eigenvalue weighted by molar-refractivity contribution is 7.98. The molecular formula is C26H23FN2O4S. The molecule has 0 bridgehead atoms. The van der Waals surface area contributed by atoms with Crippen molar-refractivity contribution < 1.29 is 23.7 Å². The van der Waals surface area contributed by atoms with Gasteiger partial charge in [-0.25, -0.2) is 9.37 Å². The van der Waals surface area contributed by atoms with Gasteiger partial charge in [0.2, 0.25) is 0 Å². The number of fused-ring (bicyclic) bond motifs is 2. The number of thioether (sulfide) groups is 1. The Kier molecular flexibility index (Phi) is 5.53. The fraction of sp³-hybridized carbons (Fsp3) is 0.269. The molecule has 6 nitrogen and oxygen atoms in total. The number of benzene rings is 2. The lowest BCUT2D eigenvalue weighted by Gasteiger charge is -2.16. The molecule has 2 aliphatic heterocycles. The van der Waals surface area contributed by atoms with Crippen LogP contribution in [0.1, 0.15) is 0 Å². The van der Waals surface area contributed by atoms with E-state index in [4.69, 9.17) is 14.2 Å². The van der Waals surface area contributed by atoms with Gasteiger partial charge in [0.05, 0.1) is 24.2 Å². The van der Waals surface area contributed by atoms with Crippen molar-refractivity contribution in [1.82, 2.24) is 9.97 Å². The van der Waals surface area contributed by atoms with E-state index in [1.165, 1.54) is 11.0 Å². The Balaban J connectivity index is 1.24. The van der Waals surface area contributed by atoms with Gasteiger partial charge in [0.15, 0.2) is 17.8 Å². The van der Waals surface area contributed by atoms with Crippen LogP contribution >= 0.6 is 11.8 Å². The van der Waals surface area contributed by atoms with Crippen molar-refractivity contribution in [1.29, 1.82) is 0 Å². The number of rotatable bonds is 5. The fourth-order valence-corrected chi connectivity index (χ4v) is 4.99. The van der Waals surface area contributed by atoms with Crippen LogP contribution in [0.4, 0.5) is 4.39 Å². The summed E-state index contributed by atoms with van der Waals surface area (Å²) in [5.74, 6) is 0.0480. The van der Waals surface area contributed by atoms with Crippen molar-refractivity contribution in [2.45, 2.75) is 29.3 Å². The molecule has 0 aliphatic carbocycles. The summed E-state index contributed by atoms with van der Waals surface area (Å²) in [4.78, 5) is 8.84. The Bertz CT molecular complexity index is 1330. The third kappa shape index (κ3) is 3.86. The second-order valence-corrected chi connectivity index (χ2v) is 9.39. The number of hydrogen-bond donors (Lipinski definition) is 2. The number of aromatic amines is 1. The lowest BCUT2D eigenvalue weighted by atomic mass is 10.0.